The molecule has 0 unspecified atom stereocenters. The molecule has 0 bridgehead atoms. The van der Waals surface area contributed by atoms with Crippen LogP contribution in [-0.2, 0) is 9.59 Å². The van der Waals surface area contributed by atoms with E-state index in [1.807, 2.05) is 0 Å². The van der Waals surface area contributed by atoms with Crippen LogP contribution < -0.4 is 0 Å². The third kappa shape index (κ3) is 5.54. The average Bonchev–Trinajstić information content (AvgIpc) is 1.36. The summed E-state index contributed by atoms with van der Waals surface area (Å²) in [5.41, 5.74) is 0. The Labute approximate surface area is 51.3 Å². The van der Waals surface area contributed by atoms with Crippen LogP contribution in [0.2, 0.25) is 0 Å². The summed E-state index contributed by atoms with van der Waals surface area (Å²) in [6.45, 7) is 0. The predicted molar refractivity (Wildman–Crippen MR) is 22.4 cm³/mol. The number of hydrogen-bond acceptors (Lipinski definition) is 2. The Morgan fingerprint density at radius 3 is 1.14 bits per heavy atom. The molecule has 0 spiro atoms. The second kappa shape index (κ2) is 3.72. The van der Waals surface area contributed by atoms with Gasteiger partial charge in [0.1, 0.15) is 0 Å². The van der Waals surface area contributed by atoms with Gasteiger partial charge in [-0.2, -0.15) is 0 Å². The molecule has 0 aromatic carbocycles. The van der Waals surface area contributed by atoms with E-state index in [2.05, 4.69) is 0 Å². The van der Waals surface area contributed by atoms with Crippen molar-refractivity contribution in [1.82, 2.24) is 0 Å². The van der Waals surface area contributed by atoms with E-state index in [0.717, 1.165) is 0 Å². The summed E-state index contributed by atoms with van der Waals surface area (Å²) in [6.07, 6.45) is 0. The minimum atomic E-state index is -1.82. The SMILES string of the molecule is O=C(O)C(=O)O.[LiH]. The quantitative estimate of drug-likeness (QED) is 0.286. The summed E-state index contributed by atoms with van der Waals surface area (Å²) in [5.74, 6) is -3.65. The fourth-order valence-corrected chi connectivity index (χ4v) is 0. The summed E-state index contributed by atoms with van der Waals surface area (Å²) < 4.78 is 0. The normalized spacial score (nSPS) is 6.29. The molecule has 5 heteroatoms. The zero-order valence-corrected chi connectivity index (χ0v) is 2.71. The molecule has 0 saturated carbocycles. The number of carboxylic acids is 2. The third-order valence-electron chi connectivity index (χ3n) is 0.183. The van der Waals surface area contributed by atoms with Crippen LogP contribution in [0.15, 0.2) is 0 Å². The van der Waals surface area contributed by atoms with Gasteiger partial charge in [0.15, 0.2) is 0 Å². The molecule has 0 aliphatic heterocycles. The first-order valence-corrected chi connectivity index (χ1v) is 1.11. The number of carboxylic acid groups (broad SMARTS) is 2. The number of aliphatic carboxylic acids is 2. The van der Waals surface area contributed by atoms with E-state index in [-0.39, 0.29) is 18.9 Å². The molecule has 0 saturated heterocycles. The molecule has 0 heterocycles. The zero-order chi connectivity index (χ0) is 5.15. The van der Waals surface area contributed by atoms with Gasteiger partial charge < -0.3 is 10.2 Å². The van der Waals surface area contributed by atoms with Crippen LogP contribution in [0.25, 0.3) is 0 Å². The van der Waals surface area contributed by atoms with Crippen LogP contribution in [0.5, 0.6) is 0 Å². The van der Waals surface area contributed by atoms with Crippen molar-refractivity contribution in [1.29, 1.82) is 0 Å². The Balaban J connectivity index is 0. The zero-order valence-electron chi connectivity index (χ0n) is 2.71. The van der Waals surface area contributed by atoms with Crippen molar-refractivity contribution in [3.63, 3.8) is 0 Å². The fraction of sp³-hybridized carbons (Fsp3) is 0. The predicted octanol–water partition coefficient (Wildman–Crippen LogP) is -1.49. The first-order chi connectivity index (χ1) is 2.64. The van der Waals surface area contributed by atoms with Gasteiger partial charge in [0.2, 0.25) is 0 Å². The van der Waals surface area contributed by atoms with Gasteiger partial charge in [-0.1, -0.05) is 0 Å². The Morgan fingerprint density at radius 1 is 1.00 bits per heavy atom. The van der Waals surface area contributed by atoms with Crippen LogP contribution in [0.3, 0.4) is 0 Å². The fourth-order valence-electron chi connectivity index (χ4n) is 0. The Bertz CT molecular complexity index is 75.7. The molecule has 4 nitrogen and oxygen atoms in total. The van der Waals surface area contributed by atoms with Crippen molar-refractivity contribution >= 4 is 30.8 Å². The van der Waals surface area contributed by atoms with Gasteiger partial charge in [0, 0.05) is 0 Å². The molecule has 0 radical (unpaired) electrons. The Hall–Kier alpha value is -0.463. The number of rotatable bonds is 0. The standard InChI is InChI=1S/C2H2O4.Li.H/c3-1(4)2(5)6;;/h(H,3,4)(H,5,6);;. The topological polar surface area (TPSA) is 74.6 Å². The van der Waals surface area contributed by atoms with E-state index in [4.69, 9.17) is 19.8 Å². The summed E-state index contributed by atoms with van der Waals surface area (Å²) >= 11 is 0. The summed E-state index contributed by atoms with van der Waals surface area (Å²) in [7, 11) is 0. The van der Waals surface area contributed by atoms with Gasteiger partial charge in [0.05, 0.1) is 0 Å². The molecule has 0 aromatic rings. The molecule has 0 fully saturated rings. The summed E-state index contributed by atoms with van der Waals surface area (Å²) in [6, 6.07) is 0. The second-order valence-corrected chi connectivity index (χ2v) is 0.610. The molecular weight excluding hydrogens is 95.0 g/mol. The first-order valence-electron chi connectivity index (χ1n) is 1.11. The average molecular weight is 98.0 g/mol. The third-order valence-corrected chi connectivity index (χ3v) is 0.183. The van der Waals surface area contributed by atoms with Crippen molar-refractivity contribution < 1.29 is 19.8 Å². The van der Waals surface area contributed by atoms with E-state index < -0.39 is 11.9 Å². The number of carbonyl (C=O) groups is 2. The van der Waals surface area contributed by atoms with Crippen LogP contribution in [0.1, 0.15) is 0 Å². The van der Waals surface area contributed by atoms with Crippen molar-refractivity contribution in [2.75, 3.05) is 0 Å². The second-order valence-electron chi connectivity index (χ2n) is 0.610. The van der Waals surface area contributed by atoms with Crippen LogP contribution in [0.4, 0.5) is 0 Å². The van der Waals surface area contributed by atoms with Gasteiger partial charge in [-0.25, -0.2) is 9.59 Å². The molecule has 0 amide bonds. The molecule has 36 valence electrons. The molecule has 0 aromatic heterocycles. The van der Waals surface area contributed by atoms with Crippen molar-refractivity contribution in [2.24, 2.45) is 0 Å². The van der Waals surface area contributed by atoms with E-state index in [0.29, 0.717) is 0 Å². The van der Waals surface area contributed by atoms with E-state index in [1.165, 1.54) is 0 Å². The van der Waals surface area contributed by atoms with Gasteiger partial charge >= 0.3 is 30.8 Å². The Kier molecular flexibility index (Phi) is 5.17. The van der Waals surface area contributed by atoms with Gasteiger partial charge in [-0.05, 0) is 0 Å². The van der Waals surface area contributed by atoms with Crippen LogP contribution in [0, 0.1) is 0 Å². The molecule has 7 heavy (non-hydrogen) atoms. The summed E-state index contributed by atoms with van der Waals surface area (Å²) in [4.78, 5) is 18.2. The minimum absolute atomic E-state index is 0. The van der Waals surface area contributed by atoms with Crippen LogP contribution >= 0.6 is 0 Å². The van der Waals surface area contributed by atoms with Crippen molar-refractivity contribution in [3.05, 3.63) is 0 Å². The monoisotopic (exact) mass is 98.0 g/mol. The van der Waals surface area contributed by atoms with E-state index >= 15 is 0 Å². The van der Waals surface area contributed by atoms with Crippen LogP contribution in [-0.4, -0.2) is 41.0 Å². The van der Waals surface area contributed by atoms with Gasteiger partial charge in [-0.15, -0.1) is 0 Å². The summed E-state index contributed by atoms with van der Waals surface area (Å²) in [5, 5.41) is 14.8. The number of hydrogen-bond donors (Lipinski definition) is 2. The molecule has 0 rings (SSSR count). The van der Waals surface area contributed by atoms with Gasteiger partial charge in [0.25, 0.3) is 0 Å². The van der Waals surface area contributed by atoms with E-state index in [1.54, 1.807) is 0 Å². The van der Waals surface area contributed by atoms with Gasteiger partial charge in [-0.3, -0.25) is 0 Å². The Morgan fingerprint density at radius 2 is 1.14 bits per heavy atom. The molecule has 0 atom stereocenters. The maximum atomic E-state index is 9.10. The molecule has 0 aliphatic rings. The maximum absolute atomic E-state index is 9.10. The molecular formula is C2H3LiO4. The molecule has 2 N–H and O–H groups in total. The first kappa shape index (κ1) is 9.74. The van der Waals surface area contributed by atoms with Crippen molar-refractivity contribution in [3.8, 4) is 0 Å². The molecule has 0 aliphatic carbocycles. The van der Waals surface area contributed by atoms with Crippen molar-refractivity contribution in [2.45, 2.75) is 0 Å². The van der Waals surface area contributed by atoms with E-state index in [9.17, 15) is 0 Å².